The third-order valence-corrected chi connectivity index (χ3v) is 6.14. The molecule has 0 amide bonds. The molecule has 0 aliphatic carbocycles. The number of piperidine rings is 1. The molecule has 2 unspecified atom stereocenters. The Labute approximate surface area is 193 Å². The van der Waals surface area contributed by atoms with Crippen molar-refractivity contribution in [2.45, 2.75) is 52.2 Å². The van der Waals surface area contributed by atoms with Crippen molar-refractivity contribution in [3.63, 3.8) is 0 Å². The number of rotatable bonds is 8. The van der Waals surface area contributed by atoms with Crippen LogP contribution in [0.2, 0.25) is 0 Å². The molecule has 2 rings (SSSR count). The number of likely N-dealkylation sites (tertiary alicyclic amines) is 1. The lowest BCUT2D eigenvalue weighted by Crippen LogP contribution is -2.42. The third kappa shape index (κ3) is 10.6. The molecule has 1 aromatic rings. The van der Waals surface area contributed by atoms with E-state index in [9.17, 15) is 8.42 Å². The highest BCUT2D eigenvalue weighted by Crippen LogP contribution is 2.18. The summed E-state index contributed by atoms with van der Waals surface area (Å²) in [5, 5.41) is 6.55. The van der Waals surface area contributed by atoms with Crippen LogP contribution in [0.4, 0.5) is 0 Å². The quantitative estimate of drug-likeness (QED) is 0.304. The van der Waals surface area contributed by atoms with Crippen LogP contribution < -0.4 is 10.6 Å². The first-order chi connectivity index (χ1) is 13.2. The number of hydrogen-bond donors (Lipinski definition) is 2. The van der Waals surface area contributed by atoms with Gasteiger partial charge in [0, 0.05) is 39.0 Å². The molecule has 1 fully saturated rings. The first-order valence-electron chi connectivity index (χ1n) is 10.2. The van der Waals surface area contributed by atoms with Crippen LogP contribution in [0.15, 0.2) is 29.3 Å². The van der Waals surface area contributed by atoms with Gasteiger partial charge in [0.1, 0.15) is 9.84 Å². The molecule has 8 heteroatoms. The first kappa shape index (κ1) is 26.2. The van der Waals surface area contributed by atoms with E-state index < -0.39 is 9.84 Å². The molecule has 29 heavy (non-hydrogen) atoms. The Morgan fingerprint density at radius 3 is 2.52 bits per heavy atom. The predicted octanol–water partition coefficient (Wildman–Crippen LogP) is 3.02. The first-order valence-corrected chi connectivity index (χ1v) is 12.3. The van der Waals surface area contributed by atoms with Gasteiger partial charge in [0.2, 0.25) is 0 Å². The van der Waals surface area contributed by atoms with Gasteiger partial charge in [-0.1, -0.05) is 31.2 Å². The second-order valence-electron chi connectivity index (χ2n) is 8.19. The topological polar surface area (TPSA) is 73.8 Å². The van der Waals surface area contributed by atoms with E-state index in [1.165, 1.54) is 43.3 Å². The number of aliphatic imine (C=N–C) groups is 1. The summed E-state index contributed by atoms with van der Waals surface area (Å²) >= 11 is 0. The normalized spacial score (nSPS) is 19.3. The number of guanidine groups is 1. The molecule has 2 atom stereocenters. The molecular weight excluding hydrogens is 499 g/mol. The Bertz CT molecular complexity index is 738. The molecular formula is C21H37IN4O2S. The van der Waals surface area contributed by atoms with Gasteiger partial charge < -0.3 is 10.6 Å². The maximum absolute atomic E-state index is 11.3. The van der Waals surface area contributed by atoms with Crippen LogP contribution >= 0.6 is 24.0 Å². The SMILES string of the molecule is CN=C(NCc1ccc(CN2CCCC(C)C2)cc1)NC(C)CCS(C)(=O)=O.I. The zero-order chi connectivity index (χ0) is 20.6. The highest BCUT2D eigenvalue weighted by atomic mass is 127. The van der Waals surface area contributed by atoms with Gasteiger partial charge in [-0.2, -0.15) is 0 Å². The second-order valence-corrected chi connectivity index (χ2v) is 10.4. The van der Waals surface area contributed by atoms with Gasteiger partial charge in [0.05, 0.1) is 5.75 Å². The van der Waals surface area contributed by atoms with Crippen LogP contribution in [0.5, 0.6) is 0 Å². The zero-order valence-electron chi connectivity index (χ0n) is 18.1. The summed E-state index contributed by atoms with van der Waals surface area (Å²) in [6.07, 6.45) is 4.48. The molecule has 0 radical (unpaired) electrons. The molecule has 1 aliphatic heterocycles. The molecule has 0 bridgehead atoms. The van der Waals surface area contributed by atoms with Gasteiger partial charge in [-0.3, -0.25) is 9.89 Å². The van der Waals surface area contributed by atoms with Gasteiger partial charge in [0.25, 0.3) is 0 Å². The maximum atomic E-state index is 11.3. The molecule has 2 N–H and O–H groups in total. The van der Waals surface area contributed by atoms with Crippen LogP contribution in [0.1, 0.15) is 44.2 Å². The zero-order valence-corrected chi connectivity index (χ0v) is 21.3. The summed E-state index contributed by atoms with van der Waals surface area (Å²) in [5.41, 5.74) is 2.55. The summed E-state index contributed by atoms with van der Waals surface area (Å²) in [5.74, 6) is 1.67. The standard InChI is InChI=1S/C21H36N4O2S.HI/c1-17-6-5-12-25(15-17)16-20-9-7-19(8-10-20)14-23-21(22-3)24-18(2)11-13-28(4,26)27;/h7-10,17-18H,5-6,11-16H2,1-4H3,(H2,22,23,24);1H. The number of halogens is 1. The van der Waals surface area contributed by atoms with Crippen LogP contribution in [-0.4, -0.2) is 57.5 Å². The van der Waals surface area contributed by atoms with Crippen LogP contribution in [0.3, 0.4) is 0 Å². The van der Waals surface area contributed by atoms with E-state index in [-0.39, 0.29) is 35.8 Å². The lowest BCUT2D eigenvalue weighted by atomic mass is 9.99. The van der Waals surface area contributed by atoms with Crippen molar-refractivity contribution >= 4 is 39.8 Å². The minimum Gasteiger partial charge on any atom is -0.354 e. The second kappa shape index (κ2) is 12.7. The smallest absolute Gasteiger partial charge is 0.191 e. The Kier molecular flexibility index (Phi) is 11.5. The number of sulfone groups is 1. The fourth-order valence-corrected chi connectivity index (χ4v) is 4.31. The third-order valence-electron chi connectivity index (χ3n) is 5.16. The minimum absolute atomic E-state index is 0. The van der Waals surface area contributed by atoms with E-state index in [4.69, 9.17) is 0 Å². The van der Waals surface area contributed by atoms with E-state index >= 15 is 0 Å². The van der Waals surface area contributed by atoms with Crippen molar-refractivity contribution in [3.8, 4) is 0 Å². The molecule has 1 saturated heterocycles. The highest BCUT2D eigenvalue weighted by Gasteiger charge is 2.16. The Morgan fingerprint density at radius 2 is 1.93 bits per heavy atom. The van der Waals surface area contributed by atoms with Crippen molar-refractivity contribution in [2.24, 2.45) is 10.9 Å². The van der Waals surface area contributed by atoms with Crippen LogP contribution in [0, 0.1) is 5.92 Å². The maximum Gasteiger partial charge on any atom is 0.191 e. The van der Waals surface area contributed by atoms with E-state index in [2.05, 4.69) is 51.7 Å². The van der Waals surface area contributed by atoms with E-state index in [0.29, 0.717) is 18.9 Å². The number of nitrogens with one attached hydrogen (secondary N) is 2. The average Bonchev–Trinajstić information content (AvgIpc) is 2.64. The Hall–Kier alpha value is -0.870. The predicted molar refractivity (Wildman–Crippen MR) is 133 cm³/mol. The molecule has 1 aromatic carbocycles. The largest absolute Gasteiger partial charge is 0.354 e. The average molecular weight is 537 g/mol. The van der Waals surface area contributed by atoms with E-state index in [1.807, 2.05) is 6.92 Å². The number of benzene rings is 1. The molecule has 1 aliphatic rings. The molecule has 6 nitrogen and oxygen atoms in total. The van der Waals surface area contributed by atoms with Gasteiger partial charge >= 0.3 is 0 Å². The number of nitrogens with zero attached hydrogens (tertiary/aromatic N) is 2. The van der Waals surface area contributed by atoms with Crippen molar-refractivity contribution in [3.05, 3.63) is 35.4 Å². The molecule has 0 spiro atoms. The lowest BCUT2D eigenvalue weighted by Gasteiger charge is -2.30. The summed E-state index contributed by atoms with van der Waals surface area (Å²) < 4.78 is 22.6. The van der Waals surface area contributed by atoms with Crippen LogP contribution in [-0.2, 0) is 22.9 Å². The lowest BCUT2D eigenvalue weighted by molar-refractivity contribution is 0.176. The van der Waals surface area contributed by atoms with Crippen LogP contribution in [0.25, 0.3) is 0 Å². The van der Waals surface area contributed by atoms with Crippen molar-refractivity contribution < 1.29 is 8.42 Å². The number of hydrogen-bond acceptors (Lipinski definition) is 4. The Balaban J connectivity index is 0.00000420. The molecule has 0 aromatic heterocycles. The summed E-state index contributed by atoms with van der Waals surface area (Å²) in [7, 11) is -1.22. The summed E-state index contributed by atoms with van der Waals surface area (Å²) in [6.45, 7) is 8.41. The summed E-state index contributed by atoms with van der Waals surface area (Å²) in [4.78, 5) is 6.77. The molecule has 1 heterocycles. The fraction of sp³-hybridized carbons (Fsp3) is 0.667. The monoisotopic (exact) mass is 536 g/mol. The molecule has 0 saturated carbocycles. The highest BCUT2D eigenvalue weighted by molar-refractivity contribution is 14.0. The van der Waals surface area contributed by atoms with Crippen molar-refractivity contribution in [1.29, 1.82) is 0 Å². The Morgan fingerprint density at radius 1 is 1.28 bits per heavy atom. The molecule has 166 valence electrons. The van der Waals surface area contributed by atoms with Crippen molar-refractivity contribution in [2.75, 3.05) is 32.1 Å². The minimum atomic E-state index is -2.94. The van der Waals surface area contributed by atoms with E-state index in [1.54, 1.807) is 7.05 Å². The van der Waals surface area contributed by atoms with Crippen molar-refractivity contribution in [1.82, 2.24) is 15.5 Å². The van der Waals surface area contributed by atoms with E-state index in [0.717, 1.165) is 12.5 Å². The van der Waals surface area contributed by atoms with Gasteiger partial charge in [0.15, 0.2) is 5.96 Å². The fourth-order valence-electron chi connectivity index (χ4n) is 3.53. The van der Waals surface area contributed by atoms with Gasteiger partial charge in [-0.15, -0.1) is 24.0 Å². The van der Waals surface area contributed by atoms with Gasteiger partial charge in [-0.05, 0) is 49.8 Å². The summed E-state index contributed by atoms with van der Waals surface area (Å²) in [6, 6.07) is 8.78. The van der Waals surface area contributed by atoms with Gasteiger partial charge in [-0.25, -0.2) is 8.42 Å².